The van der Waals surface area contributed by atoms with E-state index in [0.29, 0.717) is 6.04 Å². The van der Waals surface area contributed by atoms with Crippen LogP contribution in [0.15, 0.2) is 18.3 Å². The van der Waals surface area contributed by atoms with Gasteiger partial charge in [-0.25, -0.2) is 0 Å². The molecule has 0 bridgehead atoms. The summed E-state index contributed by atoms with van der Waals surface area (Å²) in [5, 5.41) is 3.39. The monoisotopic (exact) mass is 220 g/mol. The molecule has 16 heavy (non-hydrogen) atoms. The van der Waals surface area contributed by atoms with Crippen LogP contribution in [0.1, 0.15) is 37.9 Å². The number of rotatable bonds is 6. The van der Waals surface area contributed by atoms with Crippen LogP contribution in [0.25, 0.3) is 0 Å². The molecule has 1 aromatic rings. The molecule has 1 heterocycles. The fourth-order valence-corrected chi connectivity index (χ4v) is 1.83. The maximum Gasteiger partial charge on any atom is 0.0419 e. The van der Waals surface area contributed by atoms with Crippen molar-refractivity contribution < 1.29 is 0 Å². The first-order valence-corrected chi connectivity index (χ1v) is 6.24. The van der Waals surface area contributed by atoms with Crippen molar-refractivity contribution in [3.8, 4) is 0 Å². The molecular formula is C14H24N2. The Hall–Kier alpha value is -0.890. The van der Waals surface area contributed by atoms with Gasteiger partial charge in [-0.1, -0.05) is 26.3 Å². The second-order valence-corrected chi connectivity index (χ2v) is 4.77. The van der Waals surface area contributed by atoms with Gasteiger partial charge in [-0.05, 0) is 37.9 Å². The van der Waals surface area contributed by atoms with Gasteiger partial charge >= 0.3 is 0 Å². The van der Waals surface area contributed by atoms with Gasteiger partial charge in [-0.3, -0.25) is 4.98 Å². The van der Waals surface area contributed by atoms with Crippen LogP contribution in [0.5, 0.6) is 0 Å². The Morgan fingerprint density at radius 2 is 2.12 bits per heavy atom. The Labute approximate surface area is 99.5 Å². The number of nitrogens with one attached hydrogen (secondary N) is 1. The predicted octanol–water partition coefficient (Wildman–Crippen LogP) is 2.96. The Bertz CT molecular complexity index is 292. The molecule has 0 aliphatic carbocycles. The second-order valence-electron chi connectivity index (χ2n) is 4.77. The van der Waals surface area contributed by atoms with Crippen molar-refractivity contribution in [1.29, 1.82) is 0 Å². The zero-order chi connectivity index (χ0) is 12.0. The molecule has 0 spiro atoms. The number of nitrogens with zero attached hydrogens (tertiary/aromatic N) is 1. The van der Waals surface area contributed by atoms with Crippen molar-refractivity contribution in [3.63, 3.8) is 0 Å². The zero-order valence-electron chi connectivity index (χ0n) is 11.0. The van der Waals surface area contributed by atoms with Crippen molar-refractivity contribution in [2.24, 2.45) is 5.92 Å². The summed E-state index contributed by atoms with van der Waals surface area (Å²) in [4.78, 5) is 4.46. The number of hydrogen-bond donors (Lipinski definition) is 1. The molecule has 0 saturated carbocycles. The molecule has 2 nitrogen and oxygen atoms in total. The molecule has 0 radical (unpaired) electrons. The Morgan fingerprint density at radius 3 is 2.62 bits per heavy atom. The molecular weight excluding hydrogens is 196 g/mol. The standard InChI is InChI=1S/C14H24N2/c1-5-11(2)8-14(15-4)9-13-7-6-12(3)10-16-13/h6-7,10-11,14-15H,5,8-9H2,1-4H3. The van der Waals surface area contributed by atoms with E-state index in [1.54, 1.807) is 0 Å². The van der Waals surface area contributed by atoms with Crippen molar-refractivity contribution in [2.45, 2.75) is 46.1 Å². The van der Waals surface area contributed by atoms with E-state index < -0.39 is 0 Å². The minimum Gasteiger partial charge on any atom is -0.317 e. The lowest BCUT2D eigenvalue weighted by atomic mass is 9.96. The number of aromatic nitrogens is 1. The van der Waals surface area contributed by atoms with Gasteiger partial charge in [0.05, 0.1) is 0 Å². The number of aryl methyl sites for hydroxylation is 1. The lowest BCUT2D eigenvalue weighted by molar-refractivity contribution is 0.408. The van der Waals surface area contributed by atoms with E-state index in [9.17, 15) is 0 Å². The molecule has 0 saturated heterocycles. The summed E-state index contributed by atoms with van der Waals surface area (Å²) in [6.45, 7) is 6.64. The van der Waals surface area contributed by atoms with Gasteiger partial charge in [0.25, 0.3) is 0 Å². The molecule has 0 aliphatic heterocycles. The average molecular weight is 220 g/mol. The summed E-state index contributed by atoms with van der Waals surface area (Å²) < 4.78 is 0. The van der Waals surface area contributed by atoms with Crippen LogP contribution in [-0.4, -0.2) is 18.1 Å². The summed E-state index contributed by atoms with van der Waals surface area (Å²) in [6.07, 6.45) is 5.45. The van der Waals surface area contributed by atoms with Gasteiger partial charge in [0.2, 0.25) is 0 Å². The van der Waals surface area contributed by atoms with Crippen molar-refractivity contribution in [3.05, 3.63) is 29.6 Å². The summed E-state index contributed by atoms with van der Waals surface area (Å²) in [5.74, 6) is 0.780. The maximum absolute atomic E-state index is 4.46. The third kappa shape index (κ3) is 4.31. The molecule has 2 heteroatoms. The van der Waals surface area contributed by atoms with E-state index in [1.165, 1.54) is 24.1 Å². The second kappa shape index (κ2) is 6.64. The summed E-state index contributed by atoms with van der Waals surface area (Å²) >= 11 is 0. The zero-order valence-corrected chi connectivity index (χ0v) is 11.0. The Balaban J connectivity index is 2.52. The molecule has 1 aromatic heterocycles. The van der Waals surface area contributed by atoms with Gasteiger partial charge in [-0.2, -0.15) is 0 Å². The number of pyridine rings is 1. The van der Waals surface area contributed by atoms with E-state index >= 15 is 0 Å². The van der Waals surface area contributed by atoms with Crippen molar-refractivity contribution in [2.75, 3.05) is 7.05 Å². The molecule has 90 valence electrons. The topological polar surface area (TPSA) is 24.9 Å². The molecule has 2 unspecified atom stereocenters. The van der Waals surface area contributed by atoms with Gasteiger partial charge in [0, 0.05) is 24.4 Å². The van der Waals surface area contributed by atoms with Crippen LogP contribution < -0.4 is 5.32 Å². The lowest BCUT2D eigenvalue weighted by Gasteiger charge is -2.19. The summed E-state index contributed by atoms with van der Waals surface area (Å²) in [6, 6.07) is 4.82. The van der Waals surface area contributed by atoms with Crippen LogP contribution in [-0.2, 0) is 6.42 Å². The highest BCUT2D eigenvalue weighted by molar-refractivity contribution is 5.13. The molecule has 2 atom stereocenters. The van der Waals surface area contributed by atoms with Crippen molar-refractivity contribution >= 4 is 0 Å². The highest BCUT2D eigenvalue weighted by Crippen LogP contribution is 2.13. The molecule has 0 amide bonds. The van der Waals surface area contributed by atoms with Crippen molar-refractivity contribution in [1.82, 2.24) is 10.3 Å². The predicted molar refractivity (Wildman–Crippen MR) is 69.6 cm³/mol. The highest BCUT2D eigenvalue weighted by atomic mass is 14.9. The average Bonchev–Trinajstić information content (AvgIpc) is 2.30. The third-order valence-electron chi connectivity index (χ3n) is 3.22. The Morgan fingerprint density at radius 1 is 1.38 bits per heavy atom. The molecule has 1 rings (SSSR count). The SMILES string of the molecule is CCC(C)CC(Cc1ccc(C)cn1)NC. The summed E-state index contributed by atoms with van der Waals surface area (Å²) in [5.41, 5.74) is 2.42. The number of hydrogen-bond acceptors (Lipinski definition) is 2. The molecule has 1 N–H and O–H groups in total. The number of likely N-dealkylation sites (N-methyl/N-ethyl adjacent to an activating group) is 1. The van der Waals surface area contributed by atoms with Crippen LogP contribution in [0.3, 0.4) is 0 Å². The quantitative estimate of drug-likeness (QED) is 0.797. The van der Waals surface area contributed by atoms with Gasteiger partial charge in [0.15, 0.2) is 0 Å². The molecule has 0 fully saturated rings. The summed E-state index contributed by atoms with van der Waals surface area (Å²) in [7, 11) is 2.04. The molecule has 0 aromatic carbocycles. The first-order chi connectivity index (χ1) is 7.65. The maximum atomic E-state index is 4.46. The van der Waals surface area contributed by atoms with E-state index in [1.807, 2.05) is 13.2 Å². The van der Waals surface area contributed by atoms with Gasteiger partial charge in [0.1, 0.15) is 0 Å². The lowest BCUT2D eigenvalue weighted by Crippen LogP contribution is -2.29. The smallest absolute Gasteiger partial charge is 0.0419 e. The third-order valence-corrected chi connectivity index (χ3v) is 3.22. The van der Waals surface area contributed by atoms with Crippen LogP contribution in [0, 0.1) is 12.8 Å². The van der Waals surface area contributed by atoms with E-state index in [4.69, 9.17) is 0 Å². The van der Waals surface area contributed by atoms with Crippen LogP contribution in [0.2, 0.25) is 0 Å². The first kappa shape index (κ1) is 13.2. The van der Waals surface area contributed by atoms with Gasteiger partial charge < -0.3 is 5.32 Å². The van der Waals surface area contributed by atoms with Crippen LogP contribution in [0.4, 0.5) is 0 Å². The van der Waals surface area contributed by atoms with E-state index in [-0.39, 0.29) is 0 Å². The molecule has 0 aliphatic rings. The Kier molecular flexibility index (Phi) is 5.47. The minimum atomic E-state index is 0.546. The normalized spacial score (nSPS) is 14.8. The first-order valence-electron chi connectivity index (χ1n) is 6.24. The fraction of sp³-hybridized carbons (Fsp3) is 0.643. The largest absolute Gasteiger partial charge is 0.317 e. The fourth-order valence-electron chi connectivity index (χ4n) is 1.83. The van der Waals surface area contributed by atoms with E-state index in [0.717, 1.165) is 12.3 Å². The highest BCUT2D eigenvalue weighted by Gasteiger charge is 2.11. The minimum absolute atomic E-state index is 0.546. The van der Waals surface area contributed by atoms with E-state index in [2.05, 4.69) is 43.2 Å². The van der Waals surface area contributed by atoms with Crippen LogP contribution >= 0.6 is 0 Å². The van der Waals surface area contributed by atoms with Gasteiger partial charge in [-0.15, -0.1) is 0 Å².